The largest absolute Gasteiger partial charge is 0.467 e. The van der Waals surface area contributed by atoms with Gasteiger partial charge in [0.15, 0.2) is 5.60 Å². The average molecular weight is 271 g/mol. The fourth-order valence-electron chi connectivity index (χ4n) is 2.09. The van der Waals surface area contributed by atoms with Crippen molar-refractivity contribution in [1.29, 1.82) is 0 Å². The number of halogens is 1. The third-order valence-electron chi connectivity index (χ3n) is 3.19. The van der Waals surface area contributed by atoms with Gasteiger partial charge in [0.05, 0.1) is 12.1 Å². The Labute approximate surface area is 110 Å². The van der Waals surface area contributed by atoms with Crippen LogP contribution in [0.15, 0.2) is 18.3 Å². The maximum Gasteiger partial charge on any atom is 0.337 e. The molecule has 1 aromatic heterocycles. The minimum absolute atomic E-state index is 0.312. The molecule has 0 bridgehead atoms. The summed E-state index contributed by atoms with van der Waals surface area (Å²) in [5.74, 6) is 0.111. The third kappa shape index (κ3) is 2.42. The van der Waals surface area contributed by atoms with E-state index >= 15 is 0 Å². The van der Waals surface area contributed by atoms with Crippen LogP contribution in [0.3, 0.4) is 0 Å². The van der Waals surface area contributed by atoms with Crippen LogP contribution in [0.2, 0.25) is 5.02 Å². The molecule has 1 saturated heterocycles. The van der Waals surface area contributed by atoms with Crippen LogP contribution in [0.4, 0.5) is 5.82 Å². The minimum atomic E-state index is -1.38. The van der Waals surface area contributed by atoms with Crippen molar-refractivity contribution >= 4 is 23.4 Å². The highest BCUT2D eigenvalue weighted by Crippen LogP contribution is 2.29. The molecule has 2 rings (SSSR count). The number of nitrogens with zero attached hydrogens (tertiary/aromatic N) is 2. The van der Waals surface area contributed by atoms with Crippen molar-refractivity contribution in [3.8, 4) is 0 Å². The molecule has 5 nitrogen and oxygen atoms in total. The van der Waals surface area contributed by atoms with E-state index in [0.29, 0.717) is 36.8 Å². The lowest BCUT2D eigenvalue weighted by molar-refractivity contribution is -0.164. The molecule has 0 aliphatic carbocycles. The minimum Gasteiger partial charge on any atom is -0.467 e. The maximum atomic E-state index is 11.5. The highest BCUT2D eigenvalue weighted by molar-refractivity contribution is 6.32. The Balaban J connectivity index is 2.07. The Morgan fingerprint density at radius 3 is 2.78 bits per heavy atom. The molecular weight excluding hydrogens is 256 g/mol. The number of pyridine rings is 1. The summed E-state index contributed by atoms with van der Waals surface area (Å²) in [5.41, 5.74) is -1.38. The lowest BCUT2D eigenvalue weighted by atomic mass is 9.91. The number of aromatic nitrogens is 1. The Morgan fingerprint density at radius 1 is 1.56 bits per heavy atom. The van der Waals surface area contributed by atoms with Crippen LogP contribution in [0, 0.1) is 0 Å². The number of carbonyl (C=O) groups excluding carboxylic acids is 1. The Bertz CT molecular complexity index is 445. The van der Waals surface area contributed by atoms with Crippen LogP contribution in [0.25, 0.3) is 0 Å². The van der Waals surface area contributed by atoms with E-state index in [2.05, 4.69) is 9.72 Å². The number of hydrogen-bond acceptors (Lipinski definition) is 5. The molecule has 18 heavy (non-hydrogen) atoms. The number of methoxy groups -OCH3 is 1. The molecule has 6 heteroatoms. The molecule has 1 fully saturated rings. The third-order valence-corrected chi connectivity index (χ3v) is 3.49. The summed E-state index contributed by atoms with van der Waals surface area (Å²) in [4.78, 5) is 17.6. The number of piperidine rings is 1. The van der Waals surface area contributed by atoms with Crippen LogP contribution < -0.4 is 4.90 Å². The van der Waals surface area contributed by atoms with E-state index < -0.39 is 11.6 Å². The van der Waals surface area contributed by atoms with Crippen molar-refractivity contribution in [2.45, 2.75) is 18.4 Å². The summed E-state index contributed by atoms with van der Waals surface area (Å²) in [6, 6.07) is 3.53. The Hall–Kier alpha value is -1.33. The number of aliphatic hydroxyl groups is 1. The number of carbonyl (C=O) groups is 1. The van der Waals surface area contributed by atoms with Crippen molar-refractivity contribution in [1.82, 2.24) is 4.98 Å². The first-order valence-corrected chi connectivity index (χ1v) is 6.11. The van der Waals surface area contributed by atoms with Gasteiger partial charge in [-0.15, -0.1) is 0 Å². The highest BCUT2D eigenvalue weighted by atomic mass is 35.5. The van der Waals surface area contributed by atoms with Crippen molar-refractivity contribution in [3.05, 3.63) is 23.4 Å². The number of hydrogen-bond donors (Lipinski definition) is 1. The fourth-order valence-corrected chi connectivity index (χ4v) is 2.33. The van der Waals surface area contributed by atoms with Gasteiger partial charge >= 0.3 is 5.97 Å². The van der Waals surface area contributed by atoms with Gasteiger partial charge in [-0.05, 0) is 12.1 Å². The van der Waals surface area contributed by atoms with Crippen LogP contribution in [-0.4, -0.2) is 41.9 Å². The molecule has 0 aromatic carbocycles. The van der Waals surface area contributed by atoms with E-state index in [1.165, 1.54) is 7.11 Å². The standard InChI is InChI=1S/C12H15ClN2O3/c1-18-11(16)12(17)4-7-15(8-5-12)10-9(13)3-2-6-14-10/h2-3,6,17H,4-5,7-8H2,1H3. The van der Waals surface area contributed by atoms with Crippen LogP contribution in [0.5, 0.6) is 0 Å². The van der Waals surface area contributed by atoms with Crippen molar-refractivity contribution in [2.75, 3.05) is 25.1 Å². The van der Waals surface area contributed by atoms with E-state index in [4.69, 9.17) is 11.6 Å². The van der Waals surface area contributed by atoms with Crippen molar-refractivity contribution in [2.24, 2.45) is 0 Å². The lowest BCUT2D eigenvalue weighted by Crippen LogP contribution is -2.50. The molecule has 1 aromatic rings. The summed E-state index contributed by atoms with van der Waals surface area (Å²) in [5, 5.41) is 10.7. The summed E-state index contributed by atoms with van der Waals surface area (Å²) < 4.78 is 4.61. The smallest absolute Gasteiger partial charge is 0.337 e. The summed E-state index contributed by atoms with van der Waals surface area (Å²) in [6.45, 7) is 1.03. The monoisotopic (exact) mass is 270 g/mol. The van der Waals surface area contributed by atoms with E-state index in [9.17, 15) is 9.90 Å². The summed E-state index contributed by atoms with van der Waals surface area (Å²) >= 11 is 6.06. The second-order valence-corrected chi connectivity index (χ2v) is 4.73. The quantitative estimate of drug-likeness (QED) is 0.819. The first kappa shape index (κ1) is 13.1. The van der Waals surface area contributed by atoms with Gasteiger partial charge in [0.2, 0.25) is 0 Å². The zero-order valence-corrected chi connectivity index (χ0v) is 10.9. The summed E-state index contributed by atoms with van der Waals surface area (Å²) in [7, 11) is 1.28. The second kappa shape index (κ2) is 5.12. The number of rotatable bonds is 2. The molecule has 2 heterocycles. The summed E-state index contributed by atoms with van der Waals surface area (Å²) in [6.07, 6.45) is 2.29. The number of anilines is 1. The van der Waals surface area contributed by atoms with Crippen LogP contribution >= 0.6 is 11.6 Å². The molecule has 0 amide bonds. The van der Waals surface area contributed by atoms with Gasteiger partial charge < -0.3 is 14.7 Å². The maximum absolute atomic E-state index is 11.5. The molecule has 1 aliphatic heterocycles. The second-order valence-electron chi connectivity index (χ2n) is 4.32. The average Bonchev–Trinajstić information content (AvgIpc) is 2.39. The predicted octanol–water partition coefficient (Wildman–Crippen LogP) is 1.24. The van der Waals surface area contributed by atoms with Gasteiger partial charge in [-0.3, -0.25) is 0 Å². The zero-order valence-electron chi connectivity index (χ0n) is 10.1. The van der Waals surface area contributed by atoms with Gasteiger partial charge in [0.1, 0.15) is 5.82 Å². The van der Waals surface area contributed by atoms with E-state index in [0.717, 1.165) is 0 Å². The Morgan fingerprint density at radius 2 is 2.22 bits per heavy atom. The molecule has 1 aliphatic rings. The van der Waals surface area contributed by atoms with Gasteiger partial charge in [-0.2, -0.15) is 0 Å². The lowest BCUT2D eigenvalue weighted by Gasteiger charge is -2.36. The van der Waals surface area contributed by atoms with E-state index in [1.54, 1.807) is 18.3 Å². The molecule has 0 spiro atoms. The Kier molecular flexibility index (Phi) is 3.73. The predicted molar refractivity (Wildman–Crippen MR) is 67.7 cm³/mol. The molecule has 0 radical (unpaired) electrons. The van der Waals surface area contributed by atoms with Gasteiger partial charge in [0, 0.05) is 32.1 Å². The van der Waals surface area contributed by atoms with Gasteiger partial charge in [-0.1, -0.05) is 11.6 Å². The van der Waals surface area contributed by atoms with Crippen molar-refractivity contribution in [3.63, 3.8) is 0 Å². The van der Waals surface area contributed by atoms with Crippen LogP contribution in [0.1, 0.15) is 12.8 Å². The molecule has 98 valence electrons. The first-order chi connectivity index (χ1) is 8.57. The SMILES string of the molecule is COC(=O)C1(O)CCN(c2ncccc2Cl)CC1. The number of esters is 1. The van der Waals surface area contributed by atoms with E-state index in [1.807, 2.05) is 4.90 Å². The van der Waals surface area contributed by atoms with E-state index in [-0.39, 0.29) is 0 Å². The van der Waals surface area contributed by atoms with Crippen LogP contribution in [-0.2, 0) is 9.53 Å². The van der Waals surface area contributed by atoms with Gasteiger partial charge in [-0.25, -0.2) is 9.78 Å². The van der Waals surface area contributed by atoms with Crippen molar-refractivity contribution < 1.29 is 14.6 Å². The number of ether oxygens (including phenoxy) is 1. The normalized spacial score (nSPS) is 18.5. The zero-order chi connectivity index (χ0) is 13.2. The molecule has 0 atom stereocenters. The molecule has 0 unspecified atom stereocenters. The molecular formula is C12H15ClN2O3. The molecule has 1 N–H and O–H groups in total. The van der Waals surface area contributed by atoms with Gasteiger partial charge in [0.25, 0.3) is 0 Å². The fraction of sp³-hybridized carbons (Fsp3) is 0.500. The molecule has 0 saturated carbocycles. The first-order valence-electron chi connectivity index (χ1n) is 5.73. The topological polar surface area (TPSA) is 62.7 Å². The highest BCUT2D eigenvalue weighted by Gasteiger charge is 2.40.